The van der Waals surface area contributed by atoms with Crippen molar-refractivity contribution in [2.75, 3.05) is 32.7 Å². The van der Waals surface area contributed by atoms with Gasteiger partial charge in [0.2, 0.25) is 0 Å². The van der Waals surface area contributed by atoms with Crippen molar-refractivity contribution in [2.45, 2.75) is 38.9 Å². The predicted molar refractivity (Wildman–Crippen MR) is 110 cm³/mol. The van der Waals surface area contributed by atoms with Crippen LogP contribution in [0.15, 0.2) is 29.3 Å². The lowest BCUT2D eigenvalue weighted by molar-refractivity contribution is -0.143. The second kappa shape index (κ2) is 11.0. The average Bonchev–Trinajstić information content (AvgIpc) is 2.92. The number of hydrogen-bond acceptors (Lipinski definition) is 2. The van der Waals surface area contributed by atoms with Gasteiger partial charge < -0.3 is 10.6 Å². The van der Waals surface area contributed by atoms with Gasteiger partial charge in [0.15, 0.2) is 5.96 Å². The minimum atomic E-state index is -4.14. The first-order valence-electron chi connectivity index (χ1n) is 8.75. The number of rotatable bonds is 6. The fourth-order valence-electron chi connectivity index (χ4n) is 3.03. The number of nitrogens with zero attached hydrogens (tertiary/aromatic N) is 2. The highest BCUT2D eigenvalue weighted by molar-refractivity contribution is 14.0. The molecule has 0 amide bonds. The van der Waals surface area contributed by atoms with Gasteiger partial charge in [-0.15, -0.1) is 24.0 Å². The van der Waals surface area contributed by atoms with E-state index in [-0.39, 0.29) is 30.0 Å². The molecule has 1 aliphatic rings. The van der Waals surface area contributed by atoms with Crippen molar-refractivity contribution in [1.29, 1.82) is 0 Å². The topological polar surface area (TPSA) is 39.7 Å². The van der Waals surface area contributed by atoms with Crippen LogP contribution in [0.3, 0.4) is 0 Å². The molecule has 0 aliphatic carbocycles. The summed E-state index contributed by atoms with van der Waals surface area (Å²) in [4.78, 5) is 5.99. The molecule has 4 nitrogen and oxygen atoms in total. The number of hydrogen-bond donors (Lipinski definition) is 2. The zero-order chi connectivity index (χ0) is 18.3. The SMILES string of the molecule is CCNC(=NCCc1cccc(C)c1)NC1CCN(CC(F)(F)F)C1.I. The first-order chi connectivity index (χ1) is 11.9. The Morgan fingerprint density at radius 2 is 2.12 bits per heavy atom. The third kappa shape index (κ3) is 8.57. The average molecular weight is 484 g/mol. The van der Waals surface area contributed by atoms with Crippen molar-refractivity contribution in [3.05, 3.63) is 35.4 Å². The van der Waals surface area contributed by atoms with Crippen molar-refractivity contribution < 1.29 is 13.2 Å². The van der Waals surface area contributed by atoms with Crippen molar-refractivity contribution in [2.24, 2.45) is 4.99 Å². The van der Waals surface area contributed by atoms with E-state index in [0.717, 1.165) is 13.0 Å². The van der Waals surface area contributed by atoms with Gasteiger partial charge in [-0.3, -0.25) is 9.89 Å². The maximum Gasteiger partial charge on any atom is 0.401 e. The quantitative estimate of drug-likeness (QED) is 0.370. The summed E-state index contributed by atoms with van der Waals surface area (Å²) in [7, 11) is 0. The third-order valence-electron chi connectivity index (χ3n) is 4.11. The number of alkyl halides is 3. The molecule has 1 fully saturated rings. The van der Waals surface area contributed by atoms with Gasteiger partial charge in [0.1, 0.15) is 0 Å². The molecule has 2 N–H and O–H groups in total. The van der Waals surface area contributed by atoms with E-state index in [1.165, 1.54) is 16.0 Å². The van der Waals surface area contributed by atoms with Crippen LogP contribution in [-0.2, 0) is 6.42 Å². The molecule has 8 heteroatoms. The predicted octanol–water partition coefficient (Wildman–Crippen LogP) is 3.35. The molecule has 1 aromatic carbocycles. The summed E-state index contributed by atoms with van der Waals surface area (Å²) < 4.78 is 37.4. The highest BCUT2D eigenvalue weighted by Gasteiger charge is 2.34. The van der Waals surface area contributed by atoms with E-state index in [1.54, 1.807) is 0 Å². The van der Waals surface area contributed by atoms with Crippen LogP contribution in [-0.4, -0.2) is 55.8 Å². The summed E-state index contributed by atoms with van der Waals surface area (Å²) in [6.45, 7) is 5.40. The number of nitrogens with one attached hydrogen (secondary N) is 2. The van der Waals surface area contributed by atoms with E-state index in [1.807, 2.05) is 13.0 Å². The van der Waals surface area contributed by atoms with Gasteiger partial charge in [-0.2, -0.15) is 13.2 Å². The lowest BCUT2D eigenvalue weighted by Gasteiger charge is -2.19. The van der Waals surface area contributed by atoms with E-state index in [9.17, 15) is 13.2 Å². The fourth-order valence-corrected chi connectivity index (χ4v) is 3.03. The van der Waals surface area contributed by atoms with Crippen molar-refractivity contribution in [3.8, 4) is 0 Å². The molecule has 1 heterocycles. The standard InChI is InChI=1S/C18H27F3N4.HI/c1-3-22-17(23-9-7-15-6-4-5-14(2)11-15)24-16-8-10-25(12-16)13-18(19,20)21;/h4-6,11,16H,3,7-10,12-13H2,1-2H3,(H2,22,23,24);1H. The smallest absolute Gasteiger partial charge is 0.357 e. The Hall–Kier alpha value is -1.03. The molecule has 1 aliphatic heterocycles. The maximum absolute atomic E-state index is 12.5. The van der Waals surface area contributed by atoms with Gasteiger partial charge >= 0.3 is 6.18 Å². The summed E-state index contributed by atoms with van der Waals surface area (Å²) in [5.74, 6) is 0.675. The fraction of sp³-hybridized carbons (Fsp3) is 0.611. The van der Waals surface area contributed by atoms with Crippen LogP contribution >= 0.6 is 24.0 Å². The first kappa shape index (κ1) is 23.0. The van der Waals surface area contributed by atoms with Gasteiger partial charge in [-0.1, -0.05) is 29.8 Å². The Bertz CT molecular complexity index is 578. The highest BCUT2D eigenvalue weighted by atomic mass is 127. The monoisotopic (exact) mass is 484 g/mol. The van der Waals surface area contributed by atoms with Gasteiger partial charge in [0.05, 0.1) is 6.54 Å². The van der Waals surface area contributed by atoms with Gasteiger partial charge in [0.25, 0.3) is 0 Å². The third-order valence-corrected chi connectivity index (χ3v) is 4.11. The second-order valence-electron chi connectivity index (χ2n) is 6.48. The Labute approximate surface area is 170 Å². The Kier molecular flexibility index (Phi) is 9.70. The highest BCUT2D eigenvalue weighted by Crippen LogP contribution is 2.19. The van der Waals surface area contributed by atoms with E-state index in [0.29, 0.717) is 32.0 Å². The summed E-state index contributed by atoms with van der Waals surface area (Å²) in [5, 5.41) is 6.43. The molecule has 0 saturated carbocycles. The van der Waals surface area contributed by atoms with Crippen LogP contribution in [0.2, 0.25) is 0 Å². The molecular formula is C18H28F3IN4. The van der Waals surface area contributed by atoms with Gasteiger partial charge in [-0.25, -0.2) is 0 Å². The maximum atomic E-state index is 12.5. The Morgan fingerprint density at radius 1 is 1.35 bits per heavy atom. The zero-order valence-electron chi connectivity index (χ0n) is 15.3. The molecule has 1 aromatic rings. The minimum Gasteiger partial charge on any atom is -0.357 e. The molecule has 0 radical (unpaired) electrons. The molecule has 26 heavy (non-hydrogen) atoms. The minimum absolute atomic E-state index is 0. The van der Waals surface area contributed by atoms with Crippen LogP contribution in [0.25, 0.3) is 0 Å². The lowest BCUT2D eigenvalue weighted by atomic mass is 10.1. The van der Waals surface area contributed by atoms with Crippen LogP contribution in [0.1, 0.15) is 24.5 Å². The normalized spacial score (nSPS) is 18.5. The van der Waals surface area contributed by atoms with Crippen LogP contribution in [0, 0.1) is 6.92 Å². The number of halogens is 4. The molecule has 0 spiro atoms. The molecule has 2 rings (SSSR count). The zero-order valence-corrected chi connectivity index (χ0v) is 17.6. The van der Waals surface area contributed by atoms with E-state index < -0.39 is 12.7 Å². The summed E-state index contributed by atoms with van der Waals surface area (Å²) >= 11 is 0. The summed E-state index contributed by atoms with van der Waals surface area (Å²) in [5.41, 5.74) is 2.46. The summed E-state index contributed by atoms with van der Waals surface area (Å²) in [6, 6.07) is 8.31. The van der Waals surface area contributed by atoms with Crippen molar-refractivity contribution in [3.63, 3.8) is 0 Å². The molecule has 1 atom stereocenters. The van der Waals surface area contributed by atoms with Crippen molar-refractivity contribution >= 4 is 29.9 Å². The molecule has 1 saturated heterocycles. The molecule has 0 aromatic heterocycles. The number of aryl methyl sites for hydroxylation is 1. The molecule has 1 unspecified atom stereocenters. The van der Waals surface area contributed by atoms with Crippen molar-refractivity contribution in [1.82, 2.24) is 15.5 Å². The van der Waals surface area contributed by atoms with Crippen LogP contribution in [0.5, 0.6) is 0 Å². The molecule has 148 valence electrons. The molecule has 0 bridgehead atoms. The lowest BCUT2D eigenvalue weighted by Crippen LogP contribution is -2.45. The van der Waals surface area contributed by atoms with Crippen LogP contribution < -0.4 is 10.6 Å². The Morgan fingerprint density at radius 3 is 2.77 bits per heavy atom. The van der Waals surface area contributed by atoms with Gasteiger partial charge in [-0.05, 0) is 32.3 Å². The summed E-state index contributed by atoms with van der Waals surface area (Å²) in [6.07, 6.45) is -2.61. The first-order valence-corrected chi connectivity index (χ1v) is 8.75. The number of likely N-dealkylation sites (tertiary alicyclic amines) is 1. The number of guanidine groups is 1. The largest absolute Gasteiger partial charge is 0.401 e. The number of benzene rings is 1. The number of aliphatic imine (C=N–C) groups is 1. The molecular weight excluding hydrogens is 456 g/mol. The van der Waals surface area contributed by atoms with Gasteiger partial charge in [0, 0.05) is 32.2 Å². The Balaban J connectivity index is 0.00000338. The van der Waals surface area contributed by atoms with E-state index >= 15 is 0 Å². The van der Waals surface area contributed by atoms with E-state index in [2.05, 4.69) is 40.7 Å². The van der Waals surface area contributed by atoms with E-state index in [4.69, 9.17) is 0 Å². The van der Waals surface area contributed by atoms with Crippen LogP contribution in [0.4, 0.5) is 13.2 Å². The second-order valence-corrected chi connectivity index (χ2v) is 6.48.